The number of pyridine rings is 1. The summed E-state index contributed by atoms with van der Waals surface area (Å²) in [6.07, 6.45) is 2.06. The van der Waals surface area contributed by atoms with E-state index < -0.39 is 17.6 Å². The molecule has 0 amide bonds. The molecular formula is C26H26N2O3. The summed E-state index contributed by atoms with van der Waals surface area (Å²) in [7, 11) is 0. The summed E-state index contributed by atoms with van der Waals surface area (Å²) < 4.78 is 7.95. The Morgan fingerprint density at radius 1 is 1.06 bits per heavy atom. The predicted octanol–water partition coefficient (Wildman–Crippen LogP) is 4.21. The molecule has 2 unspecified atom stereocenters. The summed E-state index contributed by atoms with van der Waals surface area (Å²) in [5.41, 5.74) is 1.75. The van der Waals surface area contributed by atoms with Crippen LogP contribution in [0.1, 0.15) is 54.9 Å². The van der Waals surface area contributed by atoms with Crippen LogP contribution < -0.4 is 10.3 Å². The summed E-state index contributed by atoms with van der Waals surface area (Å²) in [5.74, 6) is 0.0449. The Kier molecular flexibility index (Phi) is 5.67. The zero-order valence-corrected chi connectivity index (χ0v) is 17.8. The first-order chi connectivity index (χ1) is 15.0. The van der Waals surface area contributed by atoms with Gasteiger partial charge in [0.15, 0.2) is 0 Å². The first-order valence-corrected chi connectivity index (χ1v) is 10.7. The minimum atomic E-state index is -0.913. The fraction of sp³-hybridized carbons (Fsp3) is 0.308. The van der Waals surface area contributed by atoms with Gasteiger partial charge in [-0.1, -0.05) is 50.2 Å². The van der Waals surface area contributed by atoms with Gasteiger partial charge >= 0.3 is 0 Å². The molecule has 2 atom stereocenters. The number of rotatable bonds is 5. The molecule has 1 N–H and O–H groups in total. The molecule has 0 saturated carbocycles. The highest BCUT2D eigenvalue weighted by atomic mass is 16.5. The molecule has 5 nitrogen and oxygen atoms in total. The largest absolute Gasteiger partial charge is 0.484 e. The van der Waals surface area contributed by atoms with Crippen molar-refractivity contribution < 1.29 is 9.84 Å². The van der Waals surface area contributed by atoms with Gasteiger partial charge in [0.2, 0.25) is 0 Å². The molecule has 4 rings (SSSR count). The molecule has 2 aromatic carbocycles. The van der Waals surface area contributed by atoms with Crippen molar-refractivity contribution in [1.29, 1.82) is 5.26 Å². The van der Waals surface area contributed by atoms with Gasteiger partial charge in [-0.25, -0.2) is 0 Å². The Bertz CT molecular complexity index is 1170. The maximum Gasteiger partial charge on any atom is 0.254 e. The maximum atomic E-state index is 13.5. The fourth-order valence-corrected chi connectivity index (χ4v) is 4.55. The quantitative estimate of drug-likeness (QED) is 0.679. The van der Waals surface area contributed by atoms with Gasteiger partial charge in [0.05, 0.1) is 18.2 Å². The Labute approximate surface area is 182 Å². The number of fused-ring (bicyclic) bond motifs is 1. The van der Waals surface area contributed by atoms with Crippen molar-refractivity contribution in [3.8, 4) is 11.8 Å². The van der Waals surface area contributed by atoms with Gasteiger partial charge in [-0.3, -0.25) is 4.79 Å². The van der Waals surface area contributed by atoms with Gasteiger partial charge in [0.25, 0.3) is 5.56 Å². The molecule has 0 fully saturated rings. The number of benzene rings is 2. The number of aliphatic hydroxyl groups is 1. The molecule has 0 bridgehead atoms. The van der Waals surface area contributed by atoms with E-state index in [-0.39, 0.29) is 5.56 Å². The highest BCUT2D eigenvalue weighted by Gasteiger charge is 2.48. The van der Waals surface area contributed by atoms with E-state index in [1.165, 1.54) is 0 Å². The Morgan fingerprint density at radius 2 is 1.81 bits per heavy atom. The molecule has 1 aliphatic rings. The van der Waals surface area contributed by atoms with Crippen LogP contribution in [-0.2, 0) is 6.54 Å². The number of nitriles is 1. The summed E-state index contributed by atoms with van der Waals surface area (Å²) in [5, 5.41) is 20.9. The monoisotopic (exact) mass is 414 g/mol. The lowest BCUT2D eigenvalue weighted by Crippen LogP contribution is -2.53. The average Bonchev–Trinajstić information content (AvgIpc) is 2.81. The molecule has 31 heavy (non-hydrogen) atoms. The van der Waals surface area contributed by atoms with Crippen LogP contribution in [0, 0.1) is 11.3 Å². The smallest absolute Gasteiger partial charge is 0.254 e. The van der Waals surface area contributed by atoms with E-state index in [2.05, 4.69) is 6.07 Å². The topological polar surface area (TPSA) is 75.2 Å². The van der Waals surface area contributed by atoms with Crippen LogP contribution in [0.25, 0.3) is 0 Å². The number of hydrogen-bond acceptors (Lipinski definition) is 4. The van der Waals surface area contributed by atoms with Gasteiger partial charge in [-0.15, -0.1) is 0 Å². The second kappa shape index (κ2) is 8.41. The van der Waals surface area contributed by atoms with Crippen molar-refractivity contribution in [3.05, 3.63) is 99.5 Å². The number of nitrogens with zero attached hydrogens (tertiary/aromatic N) is 2. The lowest BCUT2D eigenvalue weighted by Gasteiger charge is -2.45. The molecule has 0 saturated heterocycles. The highest BCUT2D eigenvalue weighted by Crippen LogP contribution is 2.46. The first-order valence-electron chi connectivity index (χ1n) is 10.7. The molecule has 0 radical (unpaired) electrons. The van der Waals surface area contributed by atoms with Crippen molar-refractivity contribution in [1.82, 2.24) is 4.57 Å². The summed E-state index contributed by atoms with van der Waals surface area (Å²) in [6, 6.07) is 20.8. The van der Waals surface area contributed by atoms with Crippen molar-refractivity contribution >= 4 is 0 Å². The van der Waals surface area contributed by atoms with Crippen LogP contribution in [0.2, 0.25) is 0 Å². The second-order valence-corrected chi connectivity index (χ2v) is 8.04. The molecule has 1 aliphatic heterocycles. The van der Waals surface area contributed by atoms with Gasteiger partial charge in [-0.05, 0) is 42.7 Å². The van der Waals surface area contributed by atoms with E-state index in [1.54, 1.807) is 35.0 Å². The van der Waals surface area contributed by atoms with E-state index >= 15 is 0 Å². The lowest BCUT2D eigenvalue weighted by atomic mass is 9.74. The van der Waals surface area contributed by atoms with Gasteiger partial charge < -0.3 is 14.4 Å². The fourth-order valence-electron chi connectivity index (χ4n) is 4.55. The average molecular weight is 415 g/mol. The number of ether oxygens (including phenoxy) is 1. The Balaban J connectivity index is 1.87. The number of aliphatic hydroxyl groups excluding tert-OH is 1. The summed E-state index contributed by atoms with van der Waals surface area (Å²) in [6.45, 7) is 4.42. The van der Waals surface area contributed by atoms with Gasteiger partial charge in [0, 0.05) is 23.2 Å². The zero-order valence-electron chi connectivity index (χ0n) is 17.8. The maximum absolute atomic E-state index is 13.5. The van der Waals surface area contributed by atoms with Crippen LogP contribution in [0.15, 0.2) is 71.7 Å². The summed E-state index contributed by atoms with van der Waals surface area (Å²) in [4.78, 5) is 13.5. The molecule has 2 heterocycles. The minimum absolute atomic E-state index is 0.147. The zero-order chi connectivity index (χ0) is 22.0. The normalized spacial score (nSPS) is 19.2. The van der Waals surface area contributed by atoms with Crippen molar-refractivity contribution in [2.24, 2.45) is 0 Å². The third-order valence-corrected chi connectivity index (χ3v) is 6.42. The van der Waals surface area contributed by atoms with E-state index in [1.807, 2.05) is 50.2 Å². The van der Waals surface area contributed by atoms with Crippen LogP contribution in [-0.4, -0.2) is 21.4 Å². The van der Waals surface area contributed by atoms with E-state index in [9.17, 15) is 15.2 Å². The van der Waals surface area contributed by atoms with E-state index in [4.69, 9.17) is 4.74 Å². The highest BCUT2D eigenvalue weighted by molar-refractivity contribution is 5.50. The number of hydrogen-bond donors (Lipinski definition) is 1. The van der Waals surface area contributed by atoms with E-state index in [0.717, 1.165) is 5.56 Å². The van der Waals surface area contributed by atoms with Gasteiger partial charge in [0.1, 0.15) is 17.5 Å². The van der Waals surface area contributed by atoms with E-state index in [0.29, 0.717) is 41.8 Å². The third kappa shape index (κ3) is 3.64. The molecule has 5 heteroatoms. The predicted molar refractivity (Wildman–Crippen MR) is 119 cm³/mol. The van der Waals surface area contributed by atoms with Crippen molar-refractivity contribution in [3.63, 3.8) is 0 Å². The molecule has 0 aliphatic carbocycles. The SMILES string of the molecule is CCC1(CC)Oc2ccc(C#N)cc2C(c2cccn(Cc3ccccc3)c2=O)C1O. The standard InChI is InChI=1S/C26H26N2O3/c1-3-26(4-2)24(29)23(21-15-19(16-27)12-13-22(21)31-26)20-11-8-14-28(25(20)30)17-18-9-6-5-7-10-18/h5-15,23-24,29H,3-4,17H2,1-2H3. The number of aromatic nitrogens is 1. The van der Waals surface area contributed by atoms with Crippen LogP contribution in [0.5, 0.6) is 5.75 Å². The molecule has 158 valence electrons. The minimum Gasteiger partial charge on any atom is -0.484 e. The lowest BCUT2D eigenvalue weighted by molar-refractivity contribution is -0.0807. The van der Waals surface area contributed by atoms with Gasteiger partial charge in [-0.2, -0.15) is 5.26 Å². The van der Waals surface area contributed by atoms with Crippen LogP contribution in [0.4, 0.5) is 0 Å². The van der Waals surface area contributed by atoms with Crippen LogP contribution >= 0.6 is 0 Å². The van der Waals surface area contributed by atoms with Crippen molar-refractivity contribution in [2.45, 2.75) is 50.9 Å². The van der Waals surface area contributed by atoms with Crippen LogP contribution in [0.3, 0.4) is 0 Å². The second-order valence-electron chi connectivity index (χ2n) is 8.04. The Morgan fingerprint density at radius 3 is 2.48 bits per heavy atom. The molecule has 3 aromatic rings. The Hall–Kier alpha value is -3.36. The van der Waals surface area contributed by atoms with Crippen molar-refractivity contribution in [2.75, 3.05) is 0 Å². The third-order valence-electron chi connectivity index (χ3n) is 6.42. The molecule has 1 aromatic heterocycles. The summed E-state index contributed by atoms with van der Waals surface area (Å²) >= 11 is 0. The molecular weight excluding hydrogens is 388 g/mol. The first kappa shape index (κ1) is 20.9. The molecule has 0 spiro atoms.